The zero-order chi connectivity index (χ0) is 27.0. The number of ether oxygens (including phenoxy) is 1. The van der Waals surface area contributed by atoms with Gasteiger partial charge in [0.15, 0.2) is 0 Å². The fraction of sp³-hybridized carbons (Fsp3) is 0.167. The number of aliphatic hydroxyl groups is 1. The average Bonchev–Trinajstić information content (AvgIpc) is 2.91. The number of carbonyl (C=O) groups excluding carboxylic acids is 1. The van der Waals surface area contributed by atoms with Gasteiger partial charge in [0, 0.05) is 6.54 Å². The Morgan fingerprint density at radius 2 is 1.49 bits per heavy atom. The molecule has 0 fully saturated rings. The molecule has 4 aromatic rings. The number of sulfonamides is 1. The maximum atomic E-state index is 12.6. The summed E-state index contributed by atoms with van der Waals surface area (Å²) in [5.41, 5.74) is 3.89. The number of aliphatic hydroxyl groups excluding tert-OH is 1. The first kappa shape index (κ1) is 29.9. The Morgan fingerprint density at radius 3 is 2.13 bits per heavy atom. The first-order chi connectivity index (χ1) is 18.3. The number of para-hydroxylation sites is 1. The van der Waals surface area contributed by atoms with Crippen LogP contribution in [-0.2, 0) is 16.4 Å². The number of hydrogen-bond donors (Lipinski definition) is 3. The van der Waals surface area contributed by atoms with E-state index in [0.717, 1.165) is 41.5 Å². The third-order valence-electron chi connectivity index (χ3n) is 5.88. The number of halogens is 1. The lowest BCUT2D eigenvalue weighted by Gasteiger charge is -2.14. The van der Waals surface area contributed by atoms with Crippen molar-refractivity contribution in [3.05, 3.63) is 120 Å². The molecule has 1 amide bonds. The third-order valence-corrected chi connectivity index (χ3v) is 6.43. The lowest BCUT2D eigenvalue weighted by atomic mass is 10.0. The first-order valence-corrected chi connectivity index (χ1v) is 14.1. The molecule has 0 bridgehead atoms. The van der Waals surface area contributed by atoms with Gasteiger partial charge in [-0.25, -0.2) is 13.1 Å². The van der Waals surface area contributed by atoms with Crippen LogP contribution in [0.3, 0.4) is 0 Å². The predicted molar refractivity (Wildman–Crippen MR) is 156 cm³/mol. The number of amides is 1. The summed E-state index contributed by atoms with van der Waals surface area (Å²) in [6.45, 7) is 1.20. The minimum absolute atomic E-state index is 0. The molecule has 0 aliphatic rings. The van der Waals surface area contributed by atoms with Crippen LogP contribution in [0.4, 0.5) is 0 Å². The normalized spacial score (nSPS) is 11.7. The van der Waals surface area contributed by atoms with E-state index in [2.05, 4.69) is 5.32 Å². The molecule has 7 nitrogen and oxygen atoms in total. The second-order valence-corrected chi connectivity index (χ2v) is 10.7. The Bertz CT molecular complexity index is 1460. The van der Waals surface area contributed by atoms with Gasteiger partial charge in [-0.15, -0.1) is 12.4 Å². The van der Waals surface area contributed by atoms with Crippen molar-refractivity contribution < 1.29 is 23.1 Å². The fourth-order valence-electron chi connectivity index (χ4n) is 3.94. The number of nitrogens with one attached hydrogen (secondary N) is 2. The summed E-state index contributed by atoms with van der Waals surface area (Å²) in [5, 5.41) is 13.6. The van der Waals surface area contributed by atoms with Crippen molar-refractivity contribution >= 4 is 28.3 Å². The van der Waals surface area contributed by atoms with Crippen LogP contribution in [0.25, 0.3) is 11.1 Å². The minimum atomic E-state index is -3.73. The van der Waals surface area contributed by atoms with E-state index in [9.17, 15) is 18.3 Å². The quantitative estimate of drug-likeness (QED) is 0.218. The molecule has 39 heavy (non-hydrogen) atoms. The molecule has 0 unspecified atom stereocenters. The highest BCUT2D eigenvalue weighted by molar-refractivity contribution is 7.89. The van der Waals surface area contributed by atoms with Crippen LogP contribution < -0.4 is 14.8 Å². The largest absolute Gasteiger partial charge is 0.457 e. The Labute approximate surface area is 235 Å². The molecular weight excluding hydrogens is 536 g/mol. The van der Waals surface area contributed by atoms with E-state index in [-0.39, 0.29) is 23.7 Å². The van der Waals surface area contributed by atoms with Gasteiger partial charge in [0.05, 0.1) is 17.9 Å². The van der Waals surface area contributed by atoms with Crippen LogP contribution >= 0.6 is 12.4 Å². The molecule has 0 aliphatic heterocycles. The zero-order valence-electron chi connectivity index (χ0n) is 21.4. The Kier molecular flexibility index (Phi) is 10.7. The van der Waals surface area contributed by atoms with E-state index < -0.39 is 22.0 Å². The van der Waals surface area contributed by atoms with Crippen LogP contribution in [0.1, 0.15) is 27.6 Å². The van der Waals surface area contributed by atoms with Crippen LogP contribution in [0.15, 0.2) is 103 Å². The zero-order valence-corrected chi connectivity index (χ0v) is 23.0. The average molecular weight is 567 g/mol. The lowest BCUT2D eigenvalue weighted by Crippen LogP contribution is -2.29. The molecule has 204 valence electrons. The van der Waals surface area contributed by atoms with Gasteiger partial charge < -0.3 is 15.2 Å². The smallest absolute Gasteiger partial charge is 0.268 e. The highest BCUT2D eigenvalue weighted by atomic mass is 35.5. The van der Waals surface area contributed by atoms with Crippen LogP contribution in [-0.4, -0.2) is 38.8 Å². The highest BCUT2D eigenvalue weighted by Crippen LogP contribution is 2.31. The van der Waals surface area contributed by atoms with Crippen LogP contribution in [0, 0.1) is 0 Å². The molecule has 4 aromatic carbocycles. The molecule has 0 saturated carbocycles. The SMILES string of the molecule is CS(=O)(=O)NC(=O)c1ccc(-c2ccc(CCNC[C@@H](O)c3ccccc3)cc2)cc1Oc1ccccc1.Cl. The molecule has 0 aromatic heterocycles. The fourth-order valence-corrected chi connectivity index (χ4v) is 4.39. The van der Waals surface area contributed by atoms with Gasteiger partial charge in [0.1, 0.15) is 11.5 Å². The van der Waals surface area contributed by atoms with E-state index in [1.54, 1.807) is 30.3 Å². The Balaban J connectivity index is 0.00000420. The van der Waals surface area contributed by atoms with Gasteiger partial charge in [-0.2, -0.15) is 0 Å². The van der Waals surface area contributed by atoms with Crippen LogP contribution in [0.2, 0.25) is 0 Å². The molecule has 0 heterocycles. The van der Waals surface area contributed by atoms with Crippen molar-refractivity contribution in [2.75, 3.05) is 19.3 Å². The van der Waals surface area contributed by atoms with Crippen LogP contribution in [0.5, 0.6) is 11.5 Å². The third kappa shape index (κ3) is 8.94. The summed E-state index contributed by atoms with van der Waals surface area (Å²) < 4.78 is 31.2. The van der Waals surface area contributed by atoms with Gasteiger partial charge >= 0.3 is 0 Å². The summed E-state index contributed by atoms with van der Waals surface area (Å²) in [6, 6.07) is 31.7. The summed E-state index contributed by atoms with van der Waals surface area (Å²) >= 11 is 0. The summed E-state index contributed by atoms with van der Waals surface area (Å²) in [7, 11) is -3.73. The summed E-state index contributed by atoms with van der Waals surface area (Å²) in [6.07, 6.45) is 1.18. The van der Waals surface area contributed by atoms with E-state index in [1.165, 1.54) is 0 Å². The van der Waals surface area contributed by atoms with Gasteiger partial charge in [-0.3, -0.25) is 4.79 Å². The number of rotatable bonds is 11. The van der Waals surface area contributed by atoms with Crippen molar-refractivity contribution in [2.45, 2.75) is 12.5 Å². The van der Waals surface area contributed by atoms with Crippen molar-refractivity contribution in [2.24, 2.45) is 0 Å². The standard InChI is InChI=1S/C30H30N2O5S.ClH/c1-38(35,36)32-30(34)27-17-16-25(20-29(27)37-26-10-6-3-7-11-26)23-14-12-22(13-15-23)18-19-31-21-28(33)24-8-4-2-5-9-24;/h2-17,20,28,31,33H,18-19,21H2,1H3,(H,32,34);1H/t28-;/m1./s1. The van der Waals surface area contributed by atoms with Gasteiger partial charge in [-0.05, 0) is 59.5 Å². The monoisotopic (exact) mass is 566 g/mol. The van der Waals surface area contributed by atoms with E-state index in [1.807, 2.05) is 77.5 Å². The van der Waals surface area contributed by atoms with E-state index >= 15 is 0 Å². The minimum Gasteiger partial charge on any atom is -0.457 e. The molecule has 0 radical (unpaired) electrons. The predicted octanol–water partition coefficient (Wildman–Crippen LogP) is 5.12. The Hall–Kier alpha value is -3.69. The topological polar surface area (TPSA) is 105 Å². The Morgan fingerprint density at radius 1 is 0.872 bits per heavy atom. The second-order valence-electron chi connectivity index (χ2n) is 8.91. The number of carbonyl (C=O) groups is 1. The maximum absolute atomic E-state index is 12.6. The maximum Gasteiger partial charge on any atom is 0.268 e. The molecule has 3 N–H and O–H groups in total. The second kappa shape index (κ2) is 13.9. The van der Waals surface area contributed by atoms with Crippen molar-refractivity contribution in [3.8, 4) is 22.6 Å². The van der Waals surface area contributed by atoms with Crippen molar-refractivity contribution in [1.29, 1.82) is 0 Å². The molecule has 0 spiro atoms. The molecule has 0 aliphatic carbocycles. The highest BCUT2D eigenvalue weighted by Gasteiger charge is 2.18. The lowest BCUT2D eigenvalue weighted by molar-refractivity contribution is 0.0979. The van der Waals surface area contributed by atoms with E-state index in [0.29, 0.717) is 12.3 Å². The van der Waals surface area contributed by atoms with Gasteiger partial charge in [0.25, 0.3) is 5.91 Å². The molecule has 0 saturated heterocycles. The summed E-state index contributed by atoms with van der Waals surface area (Å²) in [4.78, 5) is 12.6. The first-order valence-electron chi connectivity index (χ1n) is 12.2. The van der Waals surface area contributed by atoms with Crippen molar-refractivity contribution in [1.82, 2.24) is 10.0 Å². The number of benzene rings is 4. The number of hydrogen-bond acceptors (Lipinski definition) is 6. The van der Waals surface area contributed by atoms with E-state index in [4.69, 9.17) is 4.74 Å². The molecule has 4 rings (SSSR count). The molecular formula is C30H31ClN2O5S. The molecule has 9 heteroatoms. The van der Waals surface area contributed by atoms with Gasteiger partial charge in [-0.1, -0.05) is 78.9 Å². The van der Waals surface area contributed by atoms with Crippen molar-refractivity contribution in [3.63, 3.8) is 0 Å². The summed E-state index contributed by atoms with van der Waals surface area (Å²) in [5.74, 6) is 0.0172. The van der Waals surface area contributed by atoms with Gasteiger partial charge in [0.2, 0.25) is 10.0 Å². The molecule has 1 atom stereocenters.